The topological polar surface area (TPSA) is 90.3 Å². The lowest BCUT2D eigenvalue weighted by molar-refractivity contribution is -0.121. The number of rotatable bonds is 6. The molecule has 114 valence electrons. The van der Waals surface area contributed by atoms with Crippen molar-refractivity contribution in [2.45, 2.75) is 18.7 Å². The molecule has 0 aliphatic carbocycles. The first-order valence-electron chi connectivity index (χ1n) is 6.33. The van der Waals surface area contributed by atoms with Gasteiger partial charge in [0.25, 0.3) is 0 Å². The van der Waals surface area contributed by atoms with Crippen LogP contribution in [0.1, 0.15) is 19.4 Å². The van der Waals surface area contributed by atoms with E-state index in [1.165, 1.54) is 18.2 Å². The molecular formula is C13H16ClN3O3S. The van der Waals surface area contributed by atoms with Crippen molar-refractivity contribution in [3.63, 3.8) is 0 Å². The second-order valence-corrected chi connectivity index (χ2v) is 6.46. The van der Waals surface area contributed by atoms with Crippen molar-refractivity contribution in [2.24, 2.45) is 0 Å². The maximum atomic E-state index is 12.5. The SMILES string of the molecule is CCNC(=O)CN(CC)S(=O)(=O)c1cc(C#N)ccc1Cl. The van der Waals surface area contributed by atoms with Crippen molar-refractivity contribution in [2.75, 3.05) is 19.6 Å². The summed E-state index contributed by atoms with van der Waals surface area (Å²) >= 11 is 5.92. The molecule has 0 heterocycles. The molecule has 0 saturated heterocycles. The van der Waals surface area contributed by atoms with Gasteiger partial charge in [-0.15, -0.1) is 0 Å². The molecular weight excluding hydrogens is 314 g/mol. The van der Waals surface area contributed by atoms with Crippen molar-refractivity contribution < 1.29 is 13.2 Å². The van der Waals surface area contributed by atoms with Gasteiger partial charge in [-0.2, -0.15) is 9.57 Å². The van der Waals surface area contributed by atoms with Crippen LogP contribution in [0.25, 0.3) is 0 Å². The highest BCUT2D eigenvalue weighted by atomic mass is 35.5. The molecule has 0 aliphatic heterocycles. The van der Waals surface area contributed by atoms with Crippen LogP contribution in [0, 0.1) is 11.3 Å². The van der Waals surface area contributed by atoms with Crippen molar-refractivity contribution in [3.8, 4) is 6.07 Å². The number of carbonyl (C=O) groups excluding carboxylic acids is 1. The maximum Gasteiger partial charge on any atom is 0.245 e. The predicted molar refractivity (Wildman–Crippen MR) is 79.3 cm³/mol. The first-order valence-corrected chi connectivity index (χ1v) is 8.15. The Labute approximate surface area is 129 Å². The van der Waals surface area contributed by atoms with E-state index in [9.17, 15) is 13.2 Å². The largest absolute Gasteiger partial charge is 0.355 e. The van der Waals surface area contributed by atoms with E-state index >= 15 is 0 Å². The molecule has 1 aromatic carbocycles. The zero-order chi connectivity index (χ0) is 16.0. The Balaban J connectivity index is 3.19. The summed E-state index contributed by atoms with van der Waals surface area (Å²) in [5, 5.41) is 11.4. The van der Waals surface area contributed by atoms with Gasteiger partial charge < -0.3 is 5.32 Å². The molecule has 0 bridgehead atoms. The summed E-state index contributed by atoms with van der Waals surface area (Å²) < 4.78 is 26.1. The van der Waals surface area contributed by atoms with Gasteiger partial charge in [0.1, 0.15) is 4.90 Å². The average molecular weight is 330 g/mol. The van der Waals surface area contributed by atoms with Gasteiger partial charge in [-0.05, 0) is 25.1 Å². The van der Waals surface area contributed by atoms with Gasteiger partial charge in [0.2, 0.25) is 15.9 Å². The quantitative estimate of drug-likeness (QED) is 0.853. The highest BCUT2D eigenvalue weighted by Crippen LogP contribution is 2.25. The van der Waals surface area contributed by atoms with E-state index in [0.29, 0.717) is 6.54 Å². The van der Waals surface area contributed by atoms with Crippen LogP contribution in [0.3, 0.4) is 0 Å². The summed E-state index contributed by atoms with van der Waals surface area (Å²) in [5.74, 6) is -0.393. The van der Waals surface area contributed by atoms with Gasteiger partial charge in [0.05, 0.1) is 23.2 Å². The van der Waals surface area contributed by atoms with Gasteiger partial charge in [-0.25, -0.2) is 8.42 Å². The highest BCUT2D eigenvalue weighted by molar-refractivity contribution is 7.89. The molecule has 0 aromatic heterocycles. The average Bonchev–Trinajstić information content (AvgIpc) is 2.45. The fraction of sp³-hybridized carbons (Fsp3) is 0.385. The van der Waals surface area contributed by atoms with E-state index in [-0.39, 0.29) is 28.6 Å². The van der Waals surface area contributed by atoms with Crippen molar-refractivity contribution in [3.05, 3.63) is 28.8 Å². The minimum Gasteiger partial charge on any atom is -0.355 e. The van der Waals surface area contributed by atoms with Gasteiger partial charge in [-0.1, -0.05) is 18.5 Å². The number of hydrogen-bond acceptors (Lipinski definition) is 4. The molecule has 0 atom stereocenters. The Kier molecular flexibility index (Phi) is 6.15. The van der Waals surface area contributed by atoms with E-state index in [1.807, 2.05) is 6.07 Å². The van der Waals surface area contributed by atoms with Crippen molar-refractivity contribution in [1.29, 1.82) is 5.26 Å². The Morgan fingerprint density at radius 2 is 2.10 bits per heavy atom. The van der Waals surface area contributed by atoms with Crippen molar-refractivity contribution >= 4 is 27.5 Å². The molecule has 1 rings (SSSR count). The summed E-state index contributed by atoms with van der Waals surface area (Å²) in [6.45, 7) is 3.61. The molecule has 0 saturated carbocycles. The first-order chi connectivity index (χ1) is 9.86. The second-order valence-electron chi connectivity index (χ2n) is 4.14. The number of nitrogens with zero attached hydrogens (tertiary/aromatic N) is 2. The fourth-order valence-corrected chi connectivity index (χ4v) is 3.60. The zero-order valence-corrected chi connectivity index (χ0v) is 13.3. The van der Waals surface area contributed by atoms with E-state index < -0.39 is 15.9 Å². The smallest absolute Gasteiger partial charge is 0.245 e. The maximum absolute atomic E-state index is 12.5. The van der Waals surface area contributed by atoms with Gasteiger partial charge in [0.15, 0.2) is 0 Å². The number of halogens is 1. The molecule has 1 N–H and O–H groups in total. The summed E-state index contributed by atoms with van der Waals surface area (Å²) in [7, 11) is -3.94. The van der Waals surface area contributed by atoms with Crippen LogP contribution in [-0.2, 0) is 14.8 Å². The molecule has 1 aromatic rings. The van der Waals surface area contributed by atoms with E-state index in [4.69, 9.17) is 16.9 Å². The van der Waals surface area contributed by atoms with Crippen molar-refractivity contribution in [1.82, 2.24) is 9.62 Å². The minimum atomic E-state index is -3.94. The molecule has 0 radical (unpaired) electrons. The van der Waals surface area contributed by atoms with Crippen LogP contribution < -0.4 is 5.32 Å². The minimum absolute atomic E-state index is 0.0170. The Morgan fingerprint density at radius 1 is 1.43 bits per heavy atom. The fourth-order valence-electron chi connectivity index (χ4n) is 1.69. The van der Waals surface area contributed by atoms with Crippen LogP contribution in [-0.4, -0.2) is 38.3 Å². The number of nitrogens with one attached hydrogen (secondary N) is 1. The number of carbonyl (C=O) groups is 1. The lowest BCUT2D eigenvalue weighted by Crippen LogP contribution is -2.40. The number of likely N-dealkylation sites (N-methyl/N-ethyl adjacent to an activating group) is 2. The summed E-state index contributed by atoms with van der Waals surface area (Å²) in [4.78, 5) is 11.4. The Bertz CT molecular complexity index is 668. The Morgan fingerprint density at radius 3 is 2.62 bits per heavy atom. The third-order valence-corrected chi connectivity index (χ3v) is 5.13. The summed E-state index contributed by atoms with van der Waals surface area (Å²) in [6.07, 6.45) is 0. The Hall–Kier alpha value is -1.62. The molecule has 6 nitrogen and oxygen atoms in total. The summed E-state index contributed by atoms with van der Waals surface area (Å²) in [5.41, 5.74) is 0.187. The summed E-state index contributed by atoms with van der Waals surface area (Å²) in [6, 6.07) is 5.86. The molecule has 0 spiro atoms. The lowest BCUT2D eigenvalue weighted by atomic mass is 10.2. The predicted octanol–water partition coefficient (Wildman–Crippen LogP) is 1.36. The lowest BCUT2D eigenvalue weighted by Gasteiger charge is -2.20. The highest BCUT2D eigenvalue weighted by Gasteiger charge is 2.27. The number of amides is 1. The number of benzene rings is 1. The second kappa shape index (κ2) is 7.41. The van der Waals surface area contributed by atoms with Crippen LogP contribution in [0.5, 0.6) is 0 Å². The van der Waals surface area contributed by atoms with Crippen LogP contribution >= 0.6 is 11.6 Å². The van der Waals surface area contributed by atoms with Crippen LogP contribution in [0.15, 0.2) is 23.1 Å². The standard InChI is InChI=1S/C13H16ClN3O3S/c1-3-16-13(18)9-17(4-2)21(19,20)12-7-10(8-15)5-6-11(12)14/h5-7H,3-4,9H2,1-2H3,(H,16,18). The monoisotopic (exact) mass is 329 g/mol. The molecule has 0 unspecified atom stereocenters. The third-order valence-electron chi connectivity index (χ3n) is 2.72. The molecule has 21 heavy (non-hydrogen) atoms. The normalized spacial score (nSPS) is 11.2. The van der Waals surface area contributed by atoms with E-state index in [2.05, 4.69) is 5.32 Å². The molecule has 1 amide bonds. The third kappa shape index (κ3) is 4.17. The number of hydrogen-bond donors (Lipinski definition) is 1. The van der Waals surface area contributed by atoms with Gasteiger partial charge in [0, 0.05) is 13.1 Å². The van der Waals surface area contributed by atoms with Crippen LogP contribution in [0.4, 0.5) is 0 Å². The van der Waals surface area contributed by atoms with E-state index in [0.717, 1.165) is 4.31 Å². The van der Waals surface area contributed by atoms with Crippen LogP contribution in [0.2, 0.25) is 5.02 Å². The van der Waals surface area contributed by atoms with Gasteiger partial charge in [-0.3, -0.25) is 4.79 Å². The van der Waals surface area contributed by atoms with Gasteiger partial charge >= 0.3 is 0 Å². The number of sulfonamides is 1. The molecule has 0 aliphatic rings. The molecule has 0 fully saturated rings. The number of nitriles is 1. The first kappa shape index (κ1) is 17.4. The zero-order valence-electron chi connectivity index (χ0n) is 11.8. The van der Waals surface area contributed by atoms with E-state index in [1.54, 1.807) is 13.8 Å². The molecule has 8 heteroatoms.